The predicted molar refractivity (Wildman–Crippen MR) is 204 cm³/mol. The van der Waals surface area contributed by atoms with Gasteiger partial charge in [-0.25, -0.2) is 19.9 Å². The van der Waals surface area contributed by atoms with E-state index < -0.39 is 0 Å². The Kier molecular flexibility index (Phi) is 12.7. The van der Waals surface area contributed by atoms with Gasteiger partial charge in [-0.1, -0.05) is 34.8 Å². The van der Waals surface area contributed by atoms with Gasteiger partial charge in [-0.2, -0.15) is 0 Å². The maximum absolute atomic E-state index is 6.44. The number of nitrogens with zero attached hydrogens (tertiary/aromatic N) is 5. The summed E-state index contributed by atoms with van der Waals surface area (Å²) in [7, 11) is 0. The van der Waals surface area contributed by atoms with Gasteiger partial charge in [0.05, 0.1) is 24.2 Å². The Hall–Kier alpha value is -3.67. The van der Waals surface area contributed by atoms with Gasteiger partial charge in [0.15, 0.2) is 0 Å². The summed E-state index contributed by atoms with van der Waals surface area (Å²) in [4.78, 5) is 19.8. The van der Waals surface area contributed by atoms with Crippen LogP contribution in [0.5, 0.6) is 11.5 Å². The van der Waals surface area contributed by atoms with Crippen LogP contribution in [0.4, 0.5) is 11.6 Å². The maximum Gasteiger partial charge on any atom is 0.141 e. The number of ether oxygens (including phenoxy) is 2. The molecule has 2 aromatic heterocycles. The zero-order valence-electron chi connectivity index (χ0n) is 28.4. The van der Waals surface area contributed by atoms with Gasteiger partial charge >= 0.3 is 0 Å². The fourth-order valence-corrected chi connectivity index (χ4v) is 6.93. The molecule has 0 bridgehead atoms. The molecule has 0 radical (unpaired) electrons. The first kappa shape index (κ1) is 36.1. The molecule has 0 saturated carbocycles. The maximum atomic E-state index is 6.44. The van der Waals surface area contributed by atoms with Crippen molar-refractivity contribution in [3.8, 4) is 11.5 Å². The average Bonchev–Trinajstić information content (AvgIpc) is 3.12. The molecule has 3 aromatic carbocycles. The number of fused-ring (bicyclic) bond motifs is 2. The SMILES string of the molecule is CCOc1cc(CN2CCC(Nc3ncnc4cc(Cl)ccc34)CC2)cc(OCC)c1Cl.Clc1ccc2c(NC3CCNCC3)ncnc2c1. The Labute approximate surface area is 308 Å². The number of likely N-dealkylation sites (tertiary alicyclic amines) is 1. The number of piperidine rings is 2. The molecule has 10 nitrogen and oxygen atoms in total. The molecule has 0 spiro atoms. The van der Waals surface area contributed by atoms with Crippen molar-refractivity contribution in [1.29, 1.82) is 0 Å². The number of halogens is 3. The van der Waals surface area contributed by atoms with E-state index in [0.29, 0.717) is 51.9 Å². The molecule has 0 atom stereocenters. The Balaban J connectivity index is 0.000000202. The second kappa shape index (κ2) is 17.5. The quantitative estimate of drug-likeness (QED) is 0.130. The van der Waals surface area contributed by atoms with E-state index in [-0.39, 0.29) is 0 Å². The van der Waals surface area contributed by atoms with Crippen molar-refractivity contribution in [2.24, 2.45) is 0 Å². The van der Waals surface area contributed by atoms with E-state index in [1.807, 2.05) is 62.4 Å². The normalized spacial score (nSPS) is 15.8. The van der Waals surface area contributed by atoms with Crippen molar-refractivity contribution in [3.63, 3.8) is 0 Å². The molecule has 50 heavy (non-hydrogen) atoms. The Bertz CT molecular complexity index is 1860. The van der Waals surface area contributed by atoms with E-state index in [9.17, 15) is 0 Å². The summed E-state index contributed by atoms with van der Waals surface area (Å²) in [6, 6.07) is 16.3. The first-order chi connectivity index (χ1) is 24.4. The van der Waals surface area contributed by atoms with Gasteiger partial charge in [-0.05, 0) is 107 Å². The molecule has 2 aliphatic rings. The second-order valence-corrected chi connectivity index (χ2v) is 13.7. The number of rotatable bonds is 10. The molecule has 4 heterocycles. The molecular formula is C37H43Cl3N8O2. The summed E-state index contributed by atoms with van der Waals surface area (Å²) < 4.78 is 11.4. The molecular weight excluding hydrogens is 695 g/mol. The molecule has 264 valence electrons. The van der Waals surface area contributed by atoms with Crippen LogP contribution in [-0.2, 0) is 6.54 Å². The van der Waals surface area contributed by atoms with Gasteiger partial charge in [-0.15, -0.1) is 0 Å². The zero-order valence-corrected chi connectivity index (χ0v) is 30.7. The van der Waals surface area contributed by atoms with E-state index in [4.69, 9.17) is 44.3 Å². The van der Waals surface area contributed by atoms with E-state index in [1.165, 1.54) is 0 Å². The average molecular weight is 738 g/mol. The molecule has 0 unspecified atom stereocenters. The van der Waals surface area contributed by atoms with Crippen LogP contribution in [0.15, 0.2) is 61.2 Å². The molecule has 3 N–H and O–H groups in total. The van der Waals surface area contributed by atoms with Gasteiger partial charge in [0.25, 0.3) is 0 Å². The minimum atomic E-state index is 0.364. The van der Waals surface area contributed by atoms with Gasteiger partial charge < -0.3 is 25.4 Å². The number of benzene rings is 3. The monoisotopic (exact) mass is 736 g/mol. The smallest absolute Gasteiger partial charge is 0.141 e. The summed E-state index contributed by atoms with van der Waals surface area (Å²) in [5.41, 5.74) is 2.88. The third-order valence-electron chi connectivity index (χ3n) is 8.88. The van der Waals surface area contributed by atoms with Crippen molar-refractivity contribution >= 4 is 68.2 Å². The van der Waals surface area contributed by atoms with Crippen molar-refractivity contribution in [3.05, 3.63) is 81.8 Å². The van der Waals surface area contributed by atoms with Crippen LogP contribution >= 0.6 is 34.8 Å². The van der Waals surface area contributed by atoms with Gasteiger partial charge in [-0.3, -0.25) is 4.90 Å². The third kappa shape index (κ3) is 9.35. The van der Waals surface area contributed by atoms with Crippen molar-refractivity contribution in [2.75, 3.05) is 50.0 Å². The first-order valence-corrected chi connectivity index (χ1v) is 18.4. The highest BCUT2D eigenvalue weighted by Crippen LogP contribution is 2.36. The number of aromatic nitrogens is 4. The largest absolute Gasteiger partial charge is 0.492 e. The van der Waals surface area contributed by atoms with Crippen LogP contribution in [0.3, 0.4) is 0 Å². The van der Waals surface area contributed by atoms with Crippen LogP contribution < -0.4 is 25.4 Å². The van der Waals surface area contributed by atoms with Crippen LogP contribution in [0.2, 0.25) is 15.1 Å². The Morgan fingerprint density at radius 2 is 1.20 bits per heavy atom. The Morgan fingerprint density at radius 3 is 1.70 bits per heavy atom. The number of hydrogen-bond acceptors (Lipinski definition) is 10. The number of nitrogens with one attached hydrogen (secondary N) is 3. The fourth-order valence-electron chi connectivity index (χ4n) is 6.38. The summed E-state index contributed by atoms with van der Waals surface area (Å²) in [5.74, 6) is 3.14. The highest BCUT2D eigenvalue weighted by atomic mass is 35.5. The lowest BCUT2D eigenvalue weighted by molar-refractivity contribution is 0.210. The molecule has 7 rings (SSSR count). The first-order valence-electron chi connectivity index (χ1n) is 17.2. The number of anilines is 2. The van der Waals surface area contributed by atoms with Crippen LogP contribution in [-0.4, -0.2) is 76.3 Å². The molecule has 2 fully saturated rings. The highest BCUT2D eigenvalue weighted by molar-refractivity contribution is 6.33. The second-order valence-electron chi connectivity index (χ2n) is 12.4. The summed E-state index contributed by atoms with van der Waals surface area (Å²) in [6.07, 6.45) is 7.48. The topological polar surface area (TPSA) is 109 Å². The van der Waals surface area contributed by atoms with Crippen molar-refractivity contribution in [1.82, 2.24) is 30.2 Å². The molecule has 2 saturated heterocycles. The van der Waals surface area contributed by atoms with E-state index in [0.717, 1.165) is 97.4 Å². The summed E-state index contributed by atoms with van der Waals surface area (Å²) >= 11 is 18.5. The third-order valence-corrected chi connectivity index (χ3v) is 9.72. The van der Waals surface area contributed by atoms with Crippen molar-refractivity contribution in [2.45, 2.75) is 58.2 Å². The fraction of sp³-hybridized carbons (Fsp3) is 0.405. The van der Waals surface area contributed by atoms with Crippen molar-refractivity contribution < 1.29 is 9.47 Å². The van der Waals surface area contributed by atoms with E-state index in [2.05, 4.69) is 40.8 Å². The van der Waals surface area contributed by atoms with E-state index in [1.54, 1.807) is 12.7 Å². The van der Waals surface area contributed by atoms with Crippen LogP contribution in [0.25, 0.3) is 21.8 Å². The van der Waals surface area contributed by atoms with Crippen LogP contribution in [0, 0.1) is 0 Å². The molecule has 13 heteroatoms. The molecule has 2 aliphatic heterocycles. The van der Waals surface area contributed by atoms with Crippen LogP contribution in [0.1, 0.15) is 45.1 Å². The minimum Gasteiger partial charge on any atom is -0.492 e. The highest BCUT2D eigenvalue weighted by Gasteiger charge is 2.22. The standard InChI is InChI=1S/C24H28Cl2N4O2.C13H15ClN4/c1-3-31-21-11-16(12-22(23(21)26)32-4-2)14-30-9-7-18(8-10-30)29-24-19-6-5-17(25)13-20(19)27-15-28-24;14-9-1-2-11-12(7-9)16-8-17-13(11)18-10-3-5-15-6-4-10/h5-6,11-13,15,18H,3-4,7-10,14H2,1-2H3,(H,27,28,29);1-2,7-8,10,15H,3-6H2,(H,16,17,18). The zero-order chi connectivity index (χ0) is 34.9. The molecule has 0 aliphatic carbocycles. The minimum absolute atomic E-state index is 0.364. The van der Waals surface area contributed by atoms with E-state index >= 15 is 0 Å². The van der Waals surface area contributed by atoms with Gasteiger partial charge in [0.1, 0.15) is 40.8 Å². The van der Waals surface area contributed by atoms with Gasteiger partial charge in [0.2, 0.25) is 0 Å². The Morgan fingerprint density at radius 1 is 0.700 bits per heavy atom. The lowest BCUT2D eigenvalue weighted by Crippen LogP contribution is -2.38. The lowest BCUT2D eigenvalue weighted by Gasteiger charge is -2.33. The molecule has 5 aromatic rings. The predicted octanol–water partition coefficient (Wildman–Crippen LogP) is 8.26. The lowest BCUT2D eigenvalue weighted by atomic mass is 10.0. The molecule has 0 amide bonds. The summed E-state index contributed by atoms with van der Waals surface area (Å²) in [5, 5.41) is 14.4. The number of hydrogen-bond donors (Lipinski definition) is 3. The summed E-state index contributed by atoms with van der Waals surface area (Å²) in [6.45, 7) is 9.97. The van der Waals surface area contributed by atoms with Gasteiger partial charge in [0, 0.05) is 52.5 Å².